The van der Waals surface area contributed by atoms with Gasteiger partial charge in [-0.2, -0.15) is 0 Å². The molecule has 0 atom stereocenters. The van der Waals surface area contributed by atoms with Crippen LogP contribution in [-0.2, 0) is 6.61 Å². The van der Waals surface area contributed by atoms with Gasteiger partial charge in [-0.1, -0.05) is 6.07 Å². The highest BCUT2D eigenvalue weighted by atomic mass is 19.2. The second-order valence-electron chi connectivity index (χ2n) is 4.17. The number of nitrogens with two attached hydrogens (primary N) is 1. The third-order valence-corrected chi connectivity index (χ3v) is 2.75. The van der Waals surface area contributed by atoms with Gasteiger partial charge in [0.1, 0.15) is 11.3 Å². The third kappa shape index (κ3) is 2.27. The molecule has 0 amide bonds. The molecule has 0 unspecified atom stereocenters. The molecule has 2 aromatic carbocycles. The summed E-state index contributed by atoms with van der Waals surface area (Å²) >= 11 is 0. The van der Waals surface area contributed by atoms with E-state index in [1.807, 2.05) is 0 Å². The Morgan fingerprint density at radius 1 is 1.15 bits per heavy atom. The normalized spacial score (nSPS) is 10.9. The van der Waals surface area contributed by atoms with Crippen LogP contribution in [0.2, 0.25) is 0 Å². The number of oxazole rings is 1. The molecule has 1 heterocycles. The van der Waals surface area contributed by atoms with Gasteiger partial charge in [0, 0.05) is 6.07 Å². The van der Waals surface area contributed by atoms with Crippen molar-refractivity contribution in [1.82, 2.24) is 4.98 Å². The van der Waals surface area contributed by atoms with Gasteiger partial charge in [0.2, 0.25) is 5.89 Å². The lowest BCUT2D eigenvalue weighted by Gasteiger charge is -2.03. The highest BCUT2D eigenvalue weighted by Crippen LogP contribution is 2.22. The SMILES string of the molecule is Nc1cccc2oc(COc3ccc(F)c(F)c3)nc12. The quantitative estimate of drug-likeness (QED) is 0.746. The maximum atomic E-state index is 13.0. The number of nitrogens with zero attached hydrogens (tertiary/aromatic N) is 1. The van der Waals surface area contributed by atoms with Gasteiger partial charge in [-0.15, -0.1) is 0 Å². The highest BCUT2D eigenvalue weighted by molar-refractivity contribution is 5.85. The van der Waals surface area contributed by atoms with Crippen LogP contribution < -0.4 is 10.5 Å². The minimum absolute atomic E-state index is 0.000801. The van der Waals surface area contributed by atoms with E-state index in [4.69, 9.17) is 14.9 Å². The number of nitrogen functional groups attached to an aromatic ring is 1. The average Bonchev–Trinajstić information content (AvgIpc) is 2.85. The first-order valence-corrected chi connectivity index (χ1v) is 5.85. The Morgan fingerprint density at radius 3 is 2.75 bits per heavy atom. The van der Waals surface area contributed by atoms with Crippen LogP contribution in [0.4, 0.5) is 14.5 Å². The molecule has 4 nitrogen and oxygen atoms in total. The monoisotopic (exact) mass is 276 g/mol. The van der Waals surface area contributed by atoms with E-state index in [1.54, 1.807) is 18.2 Å². The van der Waals surface area contributed by atoms with E-state index in [2.05, 4.69) is 4.98 Å². The molecule has 0 aliphatic rings. The maximum absolute atomic E-state index is 13.0. The highest BCUT2D eigenvalue weighted by Gasteiger charge is 2.09. The molecule has 0 fully saturated rings. The Balaban J connectivity index is 1.79. The zero-order valence-electron chi connectivity index (χ0n) is 10.3. The molecular weight excluding hydrogens is 266 g/mol. The number of rotatable bonds is 3. The fourth-order valence-electron chi connectivity index (χ4n) is 1.79. The van der Waals surface area contributed by atoms with Gasteiger partial charge in [0.25, 0.3) is 0 Å². The summed E-state index contributed by atoms with van der Waals surface area (Å²) < 4.78 is 36.5. The van der Waals surface area contributed by atoms with Crippen LogP contribution in [0, 0.1) is 11.6 Å². The molecule has 0 bridgehead atoms. The summed E-state index contributed by atoms with van der Waals surface area (Å²) in [6.45, 7) is -0.000801. The lowest BCUT2D eigenvalue weighted by atomic mass is 10.3. The van der Waals surface area contributed by atoms with E-state index in [1.165, 1.54) is 6.07 Å². The maximum Gasteiger partial charge on any atom is 0.233 e. The van der Waals surface area contributed by atoms with Crippen LogP contribution in [0.5, 0.6) is 5.75 Å². The van der Waals surface area contributed by atoms with Crippen molar-refractivity contribution in [3.05, 3.63) is 53.9 Å². The Bertz CT molecular complexity index is 771. The van der Waals surface area contributed by atoms with E-state index in [9.17, 15) is 8.78 Å². The first-order valence-electron chi connectivity index (χ1n) is 5.85. The summed E-state index contributed by atoms with van der Waals surface area (Å²) in [7, 11) is 0. The lowest BCUT2D eigenvalue weighted by molar-refractivity contribution is 0.265. The largest absolute Gasteiger partial charge is 0.484 e. The van der Waals surface area contributed by atoms with Crippen molar-refractivity contribution >= 4 is 16.8 Å². The van der Waals surface area contributed by atoms with Gasteiger partial charge in [0.05, 0.1) is 5.69 Å². The van der Waals surface area contributed by atoms with Crippen LogP contribution in [0.15, 0.2) is 40.8 Å². The van der Waals surface area contributed by atoms with Gasteiger partial charge in [-0.3, -0.25) is 0 Å². The fourth-order valence-corrected chi connectivity index (χ4v) is 1.79. The molecule has 0 aliphatic carbocycles. The van der Waals surface area contributed by atoms with E-state index < -0.39 is 11.6 Å². The van der Waals surface area contributed by atoms with Crippen molar-refractivity contribution in [1.29, 1.82) is 0 Å². The van der Waals surface area contributed by atoms with Gasteiger partial charge >= 0.3 is 0 Å². The van der Waals surface area contributed by atoms with Crippen LogP contribution in [0.1, 0.15) is 5.89 Å². The second-order valence-corrected chi connectivity index (χ2v) is 4.17. The Hall–Kier alpha value is -2.63. The topological polar surface area (TPSA) is 61.3 Å². The van der Waals surface area contributed by atoms with Crippen molar-refractivity contribution in [2.75, 3.05) is 5.73 Å². The van der Waals surface area contributed by atoms with Crippen molar-refractivity contribution in [3.8, 4) is 5.75 Å². The fraction of sp³-hybridized carbons (Fsp3) is 0.0714. The van der Waals surface area contributed by atoms with Gasteiger partial charge in [0.15, 0.2) is 23.8 Å². The minimum Gasteiger partial charge on any atom is -0.484 e. The van der Waals surface area contributed by atoms with Crippen LogP contribution >= 0.6 is 0 Å². The zero-order valence-corrected chi connectivity index (χ0v) is 10.3. The molecule has 0 saturated heterocycles. The van der Waals surface area contributed by atoms with E-state index in [0.29, 0.717) is 22.7 Å². The summed E-state index contributed by atoms with van der Waals surface area (Å²) in [5.74, 6) is -1.39. The van der Waals surface area contributed by atoms with Crippen LogP contribution in [-0.4, -0.2) is 4.98 Å². The molecular formula is C14H10F2N2O2. The van der Waals surface area contributed by atoms with E-state index >= 15 is 0 Å². The molecule has 3 rings (SSSR count). The van der Waals surface area contributed by atoms with Crippen molar-refractivity contribution in [2.45, 2.75) is 6.61 Å². The summed E-state index contributed by atoms with van der Waals surface area (Å²) in [5.41, 5.74) is 7.37. The summed E-state index contributed by atoms with van der Waals surface area (Å²) in [6, 6.07) is 8.49. The Morgan fingerprint density at radius 2 is 2.00 bits per heavy atom. The molecule has 0 saturated carbocycles. The van der Waals surface area contributed by atoms with Gasteiger partial charge in [-0.05, 0) is 24.3 Å². The van der Waals surface area contributed by atoms with Crippen LogP contribution in [0.25, 0.3) is 11.1 Å². The summed E-state index contributed by atoms with van der Waals surface area (Å²) in [5, 5.41) is 0. The third-order valence-electron chi connectivity index (χ3n) is 2.75. The first-order chi connectivity index (χ1) is 9.63. The van der Waals surface area contributed by atoms with Gasteiger partial charge in [-0.25, -0.2) is 13.8 Å². The molecule has 6 heteroatoms. The molecule has 20 heavy (non-hydrogen) atoms. The second kappa shape index (κ2) is 4.80. The van der Waals surface area contributed by atoms with Crippen LogP contribution in [0.3, 0.4) is 0 Å². The van der Waals surface area contributed by atoms with Gasteiger partial charge < -0.3 is 14.9 Å². The number of aromatic nitrogens is 1. The van der Waals surface area contributed by atoms with Crippen molar-refractivity contribution in [3.63, 3.8) is 0 Å². The number of benzene rings is 2. The smallest absolute Gasteiger partial charge is 0.233 e. The molecule has 0 radical (unpaired) electrons. The Kier molecular flexibility index (Phi) is 2.98. The molecule has 3 aromatic rings. The summed E-state index contributed by atoms with van der Waals surface area (Å²) in [6.07, 6.45) is 0. The number of halogens is 2. The number of anilines is 1. The number of fused-ring (bicyclic) bond motifs is 1. The zero-order chi connectivity index (χ0) is 14.1. The lowest BCUT2D eigenvalue weighted by Crippen LogP contribution is -1.96. The number of hydrogen-bond donors (Lipinski definition) is 1. The predicted octanol–water partition coefficient (Wildman–Crippen LogP) is 3.27. The molecule has 0 spiro atoms. The van der Waals surface area contributed by atoms with Crippen molar-refractivity contribution in [2.24, 2.45) is 0 Å². The standard InChI is InChI=1S/C14H10F2N2O2/c15-9-5-4-8(6-10(9)16)19-7-13-18-14-11(17)2-1-3-12(14)20-13/h1-6H,7,17H2. The average molecular weight is 276 g/mol. The predicted molar refractivity (Wildman–Crippen MR) is 69.1 cm³/mol. The van der Waals surface area contributed by atoms with Crippen molar-refractivity contribution < 1.29 is 17.9 Å². The molecule has 102 valence electrons. The van der Waals surface area contributed by atoms with E-state index in [-0.39, 0.29) is 12.4 Å². The molecule has 2 N–H and O–H groups in total. The Labute approximate surface area is 112 Å². The summed E-state index contributed by atoms with van der Waals surface area (Å²) in [4.78, 5) is 4.18. The number of hydrogen-bond acceptors (Lipinski definition) is 4. The molecule has 1 aromatic heterocycles. The molecule has 0 aliphatic heterocycles. The van der Waals surface area contributed by atoms with E-state index in [0.717, 1.165) is 12.1 Å². The number of para-hydroxylation sites is 1. The number of ether oxygens (including phenoxy) is 1. The minimum atomic E-state index is -0.968. The first kappa shape index (κ1) is 12.4.